The summed E-state index contributed by atoms with van der Waals surface area (Å²) >= 11 is 0. The van der Waals surface area contributed by atoms with Crippen LogP contribution in [-0.4, -0.2) is 16.9 Å². The number of hydrogen-bond acceptors (Lipinski definition) is 2. The van der Waals surface area contributed by atoms with Gasteiger partial charge in [-0.05, 0) is 5.92 Å². The average Bonchev–Trinajstić information content (AvgIpc) is 2.30. The van der Waals surface area contributed by atoms with Gasteiger partial charge in [0.1, 0.15) is 0 Å². The van der Waals surface area contributed by atoms with E-state index in [2.05, 4.69) is 11.0 Å². The molecule has 1 heterocycles. The summed E-state index contributed by atoms with van der Waals surface area (Å²) in [7, 11) is 3.36. The lowest BCUT2D eigenvalue weighted by Crippen LogP contribution is -1.86. The van der Waals surface area contributed by atoms with Crippen LogP contribution in [0.5, 0.6) is 5.75 Å². The maximum absolute atomic E-state index is 5.13. The van der Waals surface area contributed by atoms with Crippen LogP contribution in [0.25, 0.3) is 0 Å². The van der Waals surface area contributed by atoms with Crippen LogP contribution in [0.2, 0.25) is 0 Å². The average molecular weight is 136 g/mol. The largest absolute Gasteiger partial charge is 0.492 e. The molecule has 1 aromatic rings. The Morgan fingerprint density at radius 2 is 2.50 bits per heavy atom. The highest BCUT2D eigenvalue weighted by Crippen LogP contribution is 2.12. The van der Waals surface area contributed by atoms with Gasteiger partial charge in [0.25, 0.3) is 0 Å². The minimum Gasteiger partial charge on any atom is -0.492 e. The summed E-state index contributed by atoms with van der Waals surface area (Å²) < 4.78 is 6.55. The van der Waals surface area contributed by atoms with E-state index in [0.717, 1.165) is 0 Å². The minimum atomic E-state index is 0.546. The van der Waals surface area contributed by atoms with Gasteiger partial charge in [0, 0.05) is 7.05 Å². The maximum Gasteiger partial charge on any atom is 0.177 e. The SMILES string of the molecule is C#Cc1nn(C)cc1OC. The van der Waals surface area contributed by atoms with E-state index in [1.54, 1.807) is 25.0 Å². The first-order chi connectivity index (χ1) is 4.77. The third-order valence-electron chi connectivity index (χ3n) is 1.15. The van der Waals surface area contributed by atoms with Crippen molar-refractivity contribution in [3.63, 3.8) is 0 Å². The Hall–Kier alpha value is -1.43. The van der Waals surface area contributed by atoms with Gasteiger partial charge >= 0.3 is 0 Å². The number of ether oxygens (including phenoxy) is 1. The zero-order chi connectivity index (χ0) is 7.56. The highest BCUT2D eigenvalue weighted by Gasteiger charge is 2.02. The van der Waals surface area contributed by atoms with Gasteiger partial charge in [-0.1, -0.05) is 0 Å². The van der Waals surface area contributed by atoms with Crippen LogP contribution in [0.3, 0.4) is 0 Å². The van der Waals surface area contributed by atoms with Gasteiger partial charge in [-0.25, -0.2) is 0 Å². The molecule has 0 atom stereocenters. The van der Waals surface area contributed by atoms with Crippen LogP contribution in [0, 0.1) is 12.3 Å². The van der Waals surface area contributed by atoms with Crippen LogP contribution in [-0.2, 0) is 7.05 Å². The summed E-state index contributed by atoms with van der Waals surface area (Å²) in [5.74, 6) is 3.05. The Labute approximate surface area is 59.6 Å². The van der Waals surface area contributed by atoms with Crippen LogP contribution >= 0.6 is 0 Å². The maximum atomic E-state index is 5.13. The van der Waals surface area contributed by atoms with E-state index in [0.29, 0.717) is 11.4 Å². The van der Waals surface area contributed by atoms with E-state index >= 15 is 0 Å². The number of terminal acetylenes is 1. The lowest BCUT2D eigenvalue weighted by atomic mass is 10.4. The molecule has 0 fully saturated rings. The Morgan fingerprint density at radius 1 is 1.80 bits per heavy atom. The number of aromatic nitrogens is 2. The van der Waals surface area contributed by atoms with Crippen molar-refractivity contribution in [1.29, 1.82) is 0 Å². The predicted octanol–water partition coefficient (Wildman–Crippen LogP) is 0.410. The summed E-state index contributed by atoms with van der Waals surface area (Å²) in [5.41, 5.74) is 0.546. The Bertz CT molecular complexity index is 270. The lowest BCUT2D eigenvalue weighted by Gasteiger charge is -1.90. The van der Waals surface area contributed by atoms with Crippen LogP contribution in [0.1, 0.15) is 5.69 Å². The third-order valence-corrected chi connectivity index (χ3v) is 1.15. The molecule has 3 nitrogen and oxygen atoms in total. The van der Waals surface area contributed by atoms with E-state index in [4.69, 9.17) is 11.2 Å². The molecule has 0 amide bonds. The first-order valence-electron chi connectivity index (χ1n) is 2.82. The Balaban J connectivity index is 3.12. The molecule has 0 saturated heterocycles. The number of nitrogens with zero attached hydrogens (tertiary/aromatic N) is 2. The third kappa shape index (κ3) is 0.960. The smallest absolute Gasteiger partial charge is 0.177 e. The first-order valence-corrected chi connectivity index (χ1v) is 2.82. The zero-order valence-electron chi connectivity index (χ0n) is 5.96. The fourth-order valence-corrected chi connectivity index (χ4v) is 0.716. The normalized spacial score (nSPS) is 8.90. The van der Waals surface area contributed by atoms with Gasteiger partial charge in [0.2, 0.25) is 0 Å². The van der Waals surface area contributed by atoms with Crippen molar-refractivity contribution in [2.45, 2.75) is 0 Å². The Morgan fingerprint density at radius 3 is 2.90 bits per heavy atom. The van der Waals surface area contributed by atoms with Gasteiger partial charge in [-0.3, -0.25) is 4.68 Å². The van der Waals surface area contributed by atoms with Crippen molar-refractivity contribution in [2.24, 2.45) is 7.05 Å². The molecule has 0 N–H and O–H groups in total. The number of hydrogen-bond donors (Lipinski definition) is 0. The van der Waals surface area contributed by atoms with Crippen molar-refractivity contribution in [1.82, 2.24) is 9.78 Å². The molecule has 52 valence electrons. The van der Waals surface area contributed by atoms with E-state index < -0.39 is 0 Å². The van der Waals surface area contributed by atoms with Crippen molar-refractivity contribution in [3.05, 3.63) is 11.9 Å². The summed E-state index contributed by atoms with van der Waals surface area (Å²) in [5, 5.41) is 3.96. The molecule has 3 heteroatoms. The predicted molar refractivity (Wildman–Crippen MR) is 37.7 cm³/mol. The van der Waals surface area contributed by atoms with Gasteiger partial charge in [-0.15, -0.1) is 6.42 Å². The van der Waals surface area contributed by atoms with Crippen LogP contribution in [0.4, 0.5) is 0 Å². The molecule has 1 rings (SSSR count). The summed E-state index contributed by atoms with van der Waals surface area (Å²) in [6.45, 7) is 0. The molecular formula is C7H8N2O. The minimum absolute atomic E-state index is 0.546. The second kappa shape index (κ2) is 2.44. The molecule has 0 spiro atoms. The molecule has 0 saturated carbocycles. The quantitative estimate of drug-likeness (QED) is 0.523. The molecule has 0 aliphatic heterocycles. The molecule has 0 aromatic carbocycles. The van der Waals surface area contributed by atoms with Crippen molar-refractivity contribution in [3.8, 4) is 18.1 Å². The molecule has 10 heavy (non-hydrogen) atoms. The summed E-state index contributed by atoms with van der Waals surface area (Å²) in [6.07, 6.45) is 6.87. The van der Waals surface area contributed by atoms with Crippen molar-refractivity contribution < 1.29 is 4.74 Å². The van der Waals surface area contributed by atoms with Crippen LogP contribution < -0.4 is 4.74 Å². The standard InChI is InChI=1S/C7H8N2O/c1-4-6-7(10-3)5-9(2)8-6/h1,5H,2-3H3. The molecule has 0 radical (unpaired) electrons. The fourth-order valence-electron chi connectivity index (χ4n) is 0.716. The first kappa shape index (κ1) is 6.69. The second-order valence-electron chi connectivity index (χ2n) is 1.86. The number of methoxy groups -OCH3 is 1. The molecular weight excluding hydrogens is 128 g/mol. The molecule has 1 aromatic heterocycles. The van der Waals surface area contributed by atoms with E-state index in [-0.39, 0.29) is 0 Å². The number of rotatable bonds is 1. The zero-order valence-corrected chi connectivity index (χ0v) is 5.96. The molecule has 0 unspecified atom stereocenters. The Kier molecular flexibility index (Phi) is 1.63. The molecule has 0 aliphatic rings. The van der Waals surface area contributed by atoms with Crippen molar-refractivity contribution >= 4 is 0 Å². The molecule has 0 aliphatic carbocycles. The fraction of sp³-hybridized carbons (Fsp3) is 0.286. The second-order valence-corrected chi connectivity index (χ2v) is 1.86. The summed E-state index contributed by atoms with van der Waals surface area (Å²) in [6, 6.07) is 0. The van der Waals surface area contributed by atoms with Crippen LogP contribution in [0.15, 0.2) is 6.20 Å². The summed E-state index contributed by atoms with van der Waals surface area (Å²) in [4.78, 5) is 0. The van der Waals surface area contributed by atoms with Gasteiger partial charge < -0.3 is 4.74 Å². The highest BCUT2D eigenvalue weighted by atomic mass is 16.5. The van der Waals surface area contributed by atoms with Gasteiger partial charge in [0.05, 0.1) is 13.3 Å². The lowest BCUT2D eigenvalue weighted by molar-refractivity contribution is 0.413. The van der Waals surface area contributed by atoms with E-state index in [1.807, 2.05) is 0 Å². The van der Waals surface area contributed by atoms with E-state index in [9.17, 15) is 0 Å². The molecule has 0 bridgehead atoms. The van der Waals surface area contributed by atoms with Crippen molar-refractivity contribution in [2.75, 3.05) is 7.11 Å². The van der Waals surface area contributed by atoms with E-state index in [1.165, 1.54) is 0 Å². The number of aryl methyl sites for hydroxylation is 1. The van der Waals surface area contributed by atoms with Gasteiger partial charge in [0.15, 0.2) is 11.4 Å². The topological polar surface area (TPSA) is 27.1 Å². The monoisotopic (exact) mass is 136 g/mol. The highest BCUT2D eigenvalue weighted by molar-refractivity contribution is 5.37. The van der Waals surface area contributed by atoms with Gasteiger partial charge in [-0.2, -0.15) is 5.10 Å².